The van der Waals surface area contributed by atoms with E-state index in [1.54, 1.807) is 29.8 Å². The Hall–Kier alpha value is -2.25. The summed E-state index contributed by atoms with van der Waals surface area (Å²) in [6, 6.07) is 11.5. The molecule has 17 heavy (non-hydrogen) atoms. The summed E-state index contributed by atoms with van der Waals surface area (Å²) in [7, 11) is 0. The van der Waals surface area contributed by atoms with Crippen LogP contribution in [-0.2, 0) is 0 Å². The van der Waals surface area contributed by atoms with Gasteiger partial charge in [-0.1, -0.05) is 0 Å². The second-order valence-electron chi connectivity index (χ2n) is 3.56. The molecule has 0 amide bonds. The van der Waals surface area contributed by atoms with E-state index < -0.39 is 0 Å². The number of thiazole rings is 1. The highest BCUT2D eigenvalue weighted by Gasteiger charge is 2.06. The average Bonchev–Trinajstić information content (AvgIpc) is 2.82. The Balaban J connectivity index is 2.18. The van der Waals surface area contributed by atoms with Crippen LogP contribution >= 0.6 is 11.3 Å². The molecule has 0 unspecified atom stereocenters. The predicted molar refractivity (Wildman–Crippen MR) is 67.6 cm³/mol. The largest absolute Gasteiger partial charge is 0.264 e. The first-order valence-corrected chi connectivity index (χ1v) is 5.89. The number of hydrogen-bond acceptors (Lipinski definition) is 4. The van der Waals surface area contributed by atoms with Gasteiger partial charge in [0.05, 0.1) is 21.8 Å². The van der Waals surface area contributed by atoms with Crippen LogP contribution < -0.4 is 0 Å². The molecule has 0 aliphatic heterocycles. The Kier molecular flexibility index (Phi) is 2.32. The normalized spacial score (nSPS) is 10.3. The highest BCUT2D eigenvalue weighted by molar-refractivity contribution is 7.21. The summed E-state index contributed by atoms with van der Waals surface area (Å²) in [5.74, 6) is 0. The third-order valence-electron chi connectivity index (χ3n) is 2.43. The van der Waals surface area contributed by atoms with Gasteiger partial charge < -0.3 is 0 Å². The van der Waals surface area contributed by atoms with Gasteiger partial charge in [0.2, 0.25) is 0 Å². The molecule has 3 aromatic rings. The highest BCUT2D eigenvalue weighted by Crippen LogP contribution is 2.29. The molecular weight excluding hydrogens is 230 g/mol. The molecule has 4 heteroatoms. The van der Waals surface area contributed by atoms with Crippen LogP contribution in [0.4, 0.5) is 0 Å². The van der Waals surface area contributed by atoms with Gasteiger partial charge in [0.1, 0.15) is 5.01 Å². The molecule has 0 N–H and O–H groups in total. The molecule has 2 aromatic heterocycles. The Morgan fingerprint density at radius 3 is 2.94 bits per heavy atom. The summed E-state index contributed by atoms with van der Waals surface area (Å²) in [6.07, 6.45) is 3.54. The van der Waals surface area contributed by atoms with E-state index in [1.165, 1.54) is 0 Å². The fourth-order valence-corrected chi connectivity index (χ4v) is 2.60. The molecule has 0 fully saturated rings. The Morgan fingerprint density at radius 2 is 2.18 bits per heavy atom. The molecule has 3 nitrogen and oxygen atoms in total. The van der Waals surface area contributed by atoms with E-state index >= 15 is 0 Å². The second-order valence-corrected chi connectivity index (χ2v) is 4.59. The maximum atomic E-state index is 8.85. The number of nitriles is 1. The molecule has 0 saturated heterocycles. The van der Waals surface area contributed by atoms with Gasteiger partial charge in [0, 0.05) is 18.0 Å². The van der Waals surface area contributed by atoms with Gasteiger partial charge in [-0.15, -0.1) is 11.3 Å². The molecule has 0 atom stereocenters. The third kappa shape index (κ3) is 1.77. The van der Waals surface area contributed by atoms with Crippen molar-refractivity contribution < 1.29 is 0 Å². The molecule has 0 radical (unpaired) electrons. The average molecular weight is 237 g/mol. The lowest BCUT2D eigenvalue weighted by molar-refractivity contribution is 1.32. The van der Waals surface area contributed by atoms with Crippen molar-refractivity contribution in [3.63, 3.8) is 0 Å². The monoisotopic (exact) mass is 237 g/mol. The standard InChI is InChI=1S/C13H7N3S/c14-7-9-3-4-11-12(6-9)17-13(16-11)10-2-1-5-15-8-10/h1-6,8H. The van der Waals surface area contributed by atoms with Crippen LogP contribution in [0.5, 0.6) is 0 Å². The van der Waals surface area contributed by atoms with Gasteiger partial charge >= 0.3 is 0 Å². The van der Waals surface area contributed by atoms with E-state index in [0.29, 0.717) is 5.56 Å². The first-order valence-electron chi connectivity index (χ1n) is 5.08. The number of rotatable bonds is 1. The highest BCUT2D eigenvalue weighted by atomic mass is 32.1. The molecule has 1 aromatic carbocycles. The van der Waals surface area contributed by atoms with Crippen LogP contribution in [-0.4, -0.2) is 9.97 Å². The maximum Gasteiger partial charge on any atom is 0.126 e. The third-order valence-corrected chi connectivity index (χ3v) is 3.49. The number of aromatic nitrogens is 2. The van der Waals surface area contributed by atoms with Gasteiger partial charge in [-0.2, -0.15) is 5.26 Å². The number of nitrogens with zero attached hydrogens (tertiary/aromatic N) is 3. The molecule has 0 aliphatic rings. The van der Waals surface area contributed by atoms with Gasteiger partial charge in [-0.05, 0) is 30.3 Å². The van der Waals surface area contributed by atoms with Crippen molar-refractivity contribution in [3.05, 3.63) is 48.3 Å². The van der Waals surface area contributed by atoms with Gasteiger partial charge in [-0.25, -0.2) is 4.98 Å². The van der Waals surface area contributed by atoms with Crippen molar-refractivity contribution in [3.8, 4) is 16.6 Å². The fourth-order valence-electron chi connectivity index (χ4n) is 1.61. The first-order chi connectivity index (χ1) is 8.36. The Bertz CT molecular complexity index is 710. The molecule has 80 valence electrons. The van der Waals surface area contributed by atoms with Crippen LogP contribution in [0.25, 0.3) is 20.8 Å². The maximum absolute atomic E-state index is 8.85. The number of benzene rings is 1. The van der Waals surface area contributed by atoms with E-state index in [0.717, 1.165) is 20.8 Å². The lowest BCUT2D eigenvalue weighted by Crippen LogP contribution is -1.76. The Morgan fingerprint density at radius 1 is 1.24 bits per heavy atom. The lowest BCUT2D eigenvalue weighted by Gasteiger charge is -1.91. The molecule has 0 spiro atoms. The van der Waals surface area contributed by atoms with Crippen LogP contribution in [0.1, 0.15) is 5.56 Å². The van der Waals surface area contributed by atoms with Crippen molar-refractivity contribution in [2.45, 2.75) is 0 Å². The summed E-state index contributed by atoms with van der Waals surface area (Å²) in [6.45, 7) is 0. The quantitative estimate of drug-likeness (QED) is 0.652. The second kappa shape index (κ2) is 3.96. The van der Waals surface area contributed by atoms with E-state index in [1.807, 2.05) is 24.3 Å². The summed E-state index contributed by atoms with van der Waals surface area (Å²) >= 11 is 1.58. The lowest BCUT2D eigenvalue weighted by atomic mass is 10.2. The topological polar surface area (TPSA) is 49.6 Å². The van der Waals surface area contributed by atoms with Crippen LogP contribution in [0.2, 0.25) is 0 Å². The minimum Gasteiger partial charge on any atom is -0.264 e. The molecule has 3 rings (SSSR count). The molecule has 2 heterocycles. The van der Waals surface area contributed by atoms with Crippen molar-refractivity contribution in [2.75, 3.05) is 0 Å². The van der Waals surface area contributed by atoms with E-state index in [-0.39, 0.29) is 0 Å². The fraction of sp³-hybridized carbons (Fsp3) is 0. The van der Waals surface area contributed by atoms with Crippen molar-refractivity contribution in [1.29, 1.82) is 5.26 Å². The number of pyridine rings is 1. The summed E-state index contributed by atoms with van der Waals surface area (Å²) in [5.41, 5.74) is 2.60. The molecule has 0 saturated carbocycles. The van der Waals surface area contributed by atoms with Crippen LogP contribution in [0.15, 0.2) is 42.7 Å². The Labute approximate surface area is 102 Å². The first kappa shape index (κ1) is 9.94. The van der Waals surface area contributed by atoms with Crippen molar-refractivity contribution in [2.24, 2.45) is 0 Å². The SMILES string of the molecule is N#Cc1ccc2nc(-c3cccnc3)sc2c1. The minimum absolute atomic E-state index is 0.666. The zero-order chi connectivity index (χ0) is 11.7. The number of hydrogen-bond donors (Lipinski definition) is 0. The van der Waals surface area contributed by atoms with E-state index in [9.17, 15) is 0 Å². The summed E-state index contributed by atoms with van der Waals surface area (Å²) < 4.78 is 1.03. The van der Waals surface area contributed by atoms with E-state index in [4.69, 9.17) is 5.26 Å². The number of fused-ring (bicyclic) bond motifs is 1. The van der Waals surface area contributed by atoms with Gasteiger partial charge in [0.25, 0.3) is 0 Å². The van der Waals surface area contributed by atoms with Crippen molar-refractivity contribution in [1.82, 2.24) is 9.97 Å². The minimum atomic E-state index is 0.666. The van der Waals surface area contributed by atoms with Crippen LogP contribution in [0.3, 0.4) is 0 Å². The smallest absolute Gasteiger partial charge is 0.126 e. The predicted octanol–water partition coefficient (Wildman–Crippen LogP) is 3.23. The van der Waals surface area contributed by atoms with Gasteiger partial charge in [-0.3, -0.25) is 4.98 Å². The van der Waals surface area contributed by atoms with Gasteiger partial charge in [0.15, 0.2) is 0 Å². The van der Waals surface area contributed by atoms with Crippen molar-refractivity contribution >= 4 is 21.6 Å². The molecule has 0 aliphatic carbocycles. The van der Waals surface area contributed by atoms with E-state index in [2.05, 4.69) is 16.0 Å². The zero-order valence-electron chi connectivity index (χ0n) is 8.79. The zero-order valence-corrected chi connectivity index (χ0v) is 9.61. The summed E-state index contributed by atoms with van der Waals surface area (Å²) in [5, 5.41) is 9.78. The van der Waals surface area contributed by atoms with Crippen LogP contribution in [0, 0.1) is 11.3 Å². The molecular formula is C13H7N3S. The molecule has 0 bridgehead atoms. The summed E-state index contributed by atoms with van der Waals surface area (Å²) in [4.78, 5) is 8.61.